The minimum atomic E-state index is -1.06. The molecule has 0 fully saturated rings. The molecule has 0 radical (unpaired) electrons. The zero-order valence-corrected chi connectivity index (χ0v) is 14.3. The van der Waals surface area contributed by atoms with E-state index in [1.54, 1.807) is 25.1 Å². The van der Waals surface area contributed by atoms with E-state index in [1.165, 1.54) is 23.9 Å². The second-order valence-electron chi connectivity index (χ2n) is 5.50. The maximum Gasteiger partial charge on any atom is 0.336 e. The Labute approximate surface area is 147 Å². The Bertz CT molecular complexity index is 1020. The summed E-state index contributed by atoms with van der Waals surface area (Å²) in [6.07, 6.45) is 1.92. The summed E-state index contributed by atoms with van der Waals surface area (Å²) >= 11 is 1.53. The molecule has 6 nitrogen and oxygen atoms in total. The molecule has 7 heteroatoms. The summed E-state index contributed by atoms with van der Waals surface area (Å²) in [4.78, 5) is 27.8. The second kappa shape index (κ2) is 6.52. The molecule has 0 aliphatic carbocycles. The van der Waals surface area contributed by atoms with Crippen molar-refractivity contribution in [3.63, 3.8) is 0 Å². The normalized spacial score (nSPS) is 10.8. The Hall–Kier alpha value is -2.93. The number of hydrogen-bond acceptors (Lipinski definition) is 5. The topological polar surface area (TPSA) is 93.3 Å². The van der Waals surface area contributed by atoms with E-state index >= 15 is 0 Å². The lowest BCUT2D eigenvalue weighted by molar-refractivity contribution is -0.385. The first-order valence-electron chi connectivity index (χ1n) is 7.38. The molecule has 3 rings (SSSR count). The van der Waals surface area contributed by atoms with Crippen molar-refractivity contribution in [1.29, 1.82) is 0 Å². The SMILES string of the molecule is CSc1ccc2c(C(=O)O)cc(-c3ccc(C)c([N+](=O)[O-])c3)nc2c1. The van der Waals surface area contributed by atoms with Crippen molar-refractivity contribution in [1.82, 2.24) is 4.98 Å². The van der Waals surface area contributed by atoms with Crippen molar-refractivity contribution in [3.8, 4) is 11.3 Å². The van der Waals surface area contributed by atoms with Gasteiger partial charge in [-0.1, -0.05) is 18.2 Å². The average molecular weight is 354 g/mol. The first-order chi connectivity index (χ1) is 11.9. The number of thioether (sulfide) groups is 1. The molecule has 0 saturated carbocycles. The molecule has 1 aromatic heterocycles. The van der Waals surface area contributed by atoms with Crippen molar-refractivity contribution < 1.29 is 14.8 Å². The van der Waals surface area contributed by atoms with Crippen LogP contribution < -0.4 is 0 Å². The van der Waals surface area contributed by atoms with Gasteiger partial charge in [-0.25, -0.2) is 9.78 Å². The molecular formula is C18H14N2O4S. The van der Waals surface area contributed by atoms with Crippen LogP contribution in [0.4, 0.5) is 5.69 Å². The highest BCUT2D eigenvalue weighted by Gasteiger charge is 2.16. The maximum atomic E-state index is 11.6. The van der Waals surface area contributed by atoms with Crippen molar-refractivity contribution >= 4 is 34.3 Å². The number of nitro benzene ring substituents is 1. The van der Waals surface area contributed by atoms with E-state index in [9.17, 15) is 20.0 Å². The third-order valence-corrected chi connectivity index (χ3v) is 4.67. The minimum Gasteiger partial charge on any atom is -0.478 e. The lowest BCUT2D eigenvalue weighted by Crippen LogP contribution is -2.01. The fourth-order valence-corrected chi connectivity index (χ4v) is 3.06. The summed E-state index contributed by atoms with van der Waals surface area (Å²) < 4.78 is 0. The molecule has 0 amide bonds. The highest BCUT2D eigenvalue weighted by molar-refractivity contribution is 7.98. The Morgan fingerprint density at radius 3 is 2.60 bits per heavy atom. The van der Waals surface area contributed by atoms with Gasteiger partial charge in [0.2, 0.25) is 0 Å². The molecule has 25 heavy (non-hydrogen) atoms. The van der Waals surface area contributed by atoms with Gasteiger partial charge in [-0.15, -0.1) is 11.8 Å². The van der Waals surface area contributed by atoms with Crippen LogP contribution >= 0.6 is 11.8 Å². The van der Waals surface area contributed by atoms with Gasteiger partial charge >= 0.3 is 5.97 Å². The van der Waals surface area contributed by atoms with Crippen molar-refractivity contribution in [2.24, 2.45) is 0 Å². The number of hydrogen-bond donors (Lipinski definition) is 1. The average Bonchev–Trinajstić information content (AvgIpc) is 2.60. The Kier molecular flexibility index (Phi) is 4.41. The summed E-state index contributed by atoms with van der Waals surface area (Å²) in [6, 6.07) is 11.6. The molecule has 3 aromatic rings. The van der Waals surface area contributed by atoms with Crippen molar-refractivity contribution in [2.45, 2.75) is 11.8 Å². The first-order valence-corrected chi connectivity index (χ1v) is 8.60. The van der Waals surface area contributed by atoms with E-state index in [2.05, 4.69) is 4.98 Å². The van der Waals surface area contributed by atoms with Gasteiger partial charge in [-0.3, -0.25) is 10.1 Å². The number of benzene rings is 2. The van der Waals surface area contributed by atoms with Gasteiger partial charge in [-0.05, 0) is 31.4 Å². The summed E-state index contributed by atoms with van der Waals surface area (Å²) in [5, 5.41) is 21.2. The zero-order valence-electron chi connectivity index (χ0n) is 13.5. The summed E-state index contributed by atoms with van der Waals surface area (Å²) in [7, 11) is 0. The van der Waals surface area contributed by atoms with E-state index in [1.807, 2.05) is 18.4 Å². The zero-order chi connectivity index (χ0) is 18.1. The van der Waals surface area contributed by atoms with Crippen molar-refractivity contribution in [2.75, 3.05) is 6.26 Å². The highest BCUT2D eigenvalue weighted by Crippen LogP contribution is 2.30. The van der Waals surface area contributed by atoms with Crippen LogP contribution in [0.5, 0.6) is 0 Å². The summed E-state index contributed by atoms with van der Waals surface area (Å²) in [5.41, 5.74) is 2.09. The molecule has 0 aliphatic rings. The predicted molar refractivity (Wildman–Crippen MR) is 97.3 cm³/mol. The summed E-state index contributed by atoms with van der Waals surface area (Å²) in [5.74, 6) is -1.06. The monoisotopic (exact) mass is 354 g/mol. The van der Waals surface area contributed by atoms with Crippen LogP contribution in [0.2, 0.25) is 0 Å². The van der Waals surface area contributed by atoms with Crippen molar-refractivity contribution in [3.05, 3.63) is 63.7 Å². The van der Waals surface area contributed by atoms with Gasteiger partial charge in [0.15, 0.2) is 0 Å². The van der Waals surface area contributed by atoms with Gasteiger partial charge < -0.3 is 5.11 Å². The molecule has 0 aliphatic heterocycles. The first kappa shape index (κ1) is 16.9. The van der Waals surface area contributed by atoms with Gasteiger partial charge in [0.25, 0.3) is 5.69 Å². The number of aryl methyl sites for hydroxylation is 1. The van der Waals surface area contributed by atoms with E-state index < -0.39 is 10.9 Å². The van der Waals surface area contributed by atoms with Crippen LogP contribution in [-0.2, 0) is 0 Å². The number of carboxylic acids is 1. The summed E-state index contributed by atoms with van der Waals surface area (Å²) in [6.45, 7) is 1.66. The molecule has 0 saturated heterocycles. The maximum absolute atomic E-state index is 11.6. The third kappa shape index (κ3) is 3.18. The predicted octanol–water partition coefficient (Wildman–Crippen LogP) is 4.54. The Morgan fingerprint density at radius 1 is 1.20 bits per heavy atom. The molecule has 0 bridgehead atoms. The minimum absolute atomic E-state index is 0.0193. The van der Waals surface area contributed by atoms with E-state index in [0.717, 1.165) is 4.90 Å². The number of aromatic nitrogens is 1. The van der Waals surface area contributed by atoms with Crippen LogP contribution in [0.1, 0.15) is 15.9 Å². The van der Waals surface area contributed by atoms with Crippen LogP contribution in [0.3, 0.4) is 0 Å². The van der Waals surface area contributed by atoms with E-state index in [-0.39, 0.29) is 11.3 Å². The number of fused-ring (bicyclic) bond motifs is 1. The van der Waals surface area contributed by atoms with Gasteiger partial charge in [0, 0.05) is 27.5 Å². The molecule has 2 aromatic carbocycles. The van der Waals surface area contributed by atoms with Crippen LogP contribution in [0, 0.1) is 17.0 Å². The number of pyridine rings is 1. The second-order valence-corrected chi connectivity index (χ2v) is 6.38. The van der Waals surface area contributed by atoms with E-state index in [0.29, 0.717) is 27.7 Å². The van der Waals surface area contributed by atoms with Gasteiger partial charge in [0.1, 0.15) is 0 Å². The fraction of sp³-hybridized carbons (Fsp3) is 0.111. The van der Waals surface area contributed by atoms with E-state index in [4.69, 9.17) is 0 Å². The van der Waals surface area contributed by atoms with Crippen LogP contribution in [0.15, 0.2) is 47.4 Å². The smallest absolute Gasteiger partial charge is 0.336 e. The molecule has 1 heterocycles. The number of carboxylic acid groups (broad SMARTS) is 1. The standard InChI is InChI=1S/C18H14N2O4S/c1-10-3-4-11(7-17(10)20(23)24)15-9-14(18(21)22)13-6-5-12(25-2)8-16(13)19-15/h3-9H,1-2H3,(H,21,22). The molecule has 0 atom stereocenters. The molecule has 0 unspecified atom stereocenters. The number of nitrogens with zero attached hydrogens (tertiary/aromatic N) is 2. The van der Waals surface area contributed by atoms with Gasteiger partial charge in [0.05, 0.1) is 21.7 Å². The van der Waals surface area contributed by atoms with Crippen LogP contribution in [0.25, 0.3) is 22.2 Å². The lowest BCUT2D eigenvalue weighted by atomic mass is 10.0. The molecule has 1 N–H and O–H groups in total. The Balaban J connectivity index is 2.27. The number of nitro groups is 1. The number of carbonyl (C=O) groups is 1. The third-order valence-electron chi connectivity index (χ3n) is 3.95. The molecule has 126 valence electrons. The molecule has 0 spiro atoms. The largest absolute Gasteiger partial charge is 0.478 e. The quantitative estimate of drug-likeness (QED) is 0.420. The fourth-order valence-electron chi connectivity index (χ4n) is 2.63. The highest BCUT2D eigenvalue weighted by atomic mass is 32.2. The Morgan fingerprint density at radius 2 is 1.96 bits per heavy atom. The molecular weight excluding hydrogens is 340 g/mol. The van der Waals surface area contributed by atoms with Gasteiger partial charge in [-0.2, -0.15) is 0 Å². The lowest BCUT2D eigenvalue weighted by Gasteiger charge is -2.09. The number of rotatable bonds is 4. The van der Waals surface area contributed by atoms with Crippen LogP contribution in [-0.4, -0.2) is 27.2 Å². The number of aromatic carboxylic acids is 1.